The number of hydrogen-bond acceptors (Lipinski definition) is 4. The summed E-state index contributed by atoms with van der Waals surface area (Å²) in [6.07, 6.45) is 1.59. The monoisotopic (exact) mass is 307 g/mol. The van der Waals surface area contributed by atoms with Gasteiger partial charge in [-0.2, -0.15) is 0 Å². The SMILES string of the molecule is CCC1(CC)CN(C(C(=O)O)C(C)C)c2cc(O)ccc2O1. The molecule has 0 aliphatic carbocycles. The van der Waals surface area contributed by atoms with Gasteiger partial charge in [0.15, 0.2) is 0 Å². The lowest BCUT2D eigenvalue weighted by Gasteiger charge is -2.47. The molecule has 0 radical (unpaired) electrons. The van der Waals surface area contributed by atoms with Gasteiger partial charge in [-0.1, -0.05) is 27.7 Å². The number of hydrogen-bond donors (Lipinski definition) is 2. The van der Waals surface area contributed by atoms with E-state index in [1.807, 2.05) is 18.7 Å². The number of ether oxygens (including phenoxy) is 1. The minimum atomic E-state index is -0.854. The van der Waals surface area contributed by atoms with Crippen molar-refractivity contribution in [1.82, 2.24) is 0 Å². The van der Waals surface area contributed by atoms with E-state index in [0.29, 0.717) is 18.0 Å². The largest absolute Gasteiger partial charge is 0.508 e. The molecular weight excluding hydrogens is 282 g/mol. The molecule has 0 bridgehead atoms. The van der Waals surface area contributed by atoms with Crippen molar-refractivity contribution in [3.8, 4) is 11.5 Å². The summed E-state index contributed by atoms with van der Waals surface area (Å²) in [5, 5.41) is 19.4. The number of aromatic hydroxyl groups is 1. The van der Waals surface area contributed by atoms with Crippen LogP contribution in [0.1, 0.15) is 40.5 Å². The fraction of sp³-hybridized carbons (Fsp3) is 0.588. The van der Waals surface area contributed by atoms with Crippen molar-refractivity contribution in [2.45, 2.75) is 52.2 Å². The number of carboxylic acid groups (broad SMARTS) is 1. The Morgan fingerprint density at radius 2 is 2.00 bits per heavy atom. The third-order valence-electron chi connectivity index (χ3n) is 4.55. The number of anilines is 1. The molecule has 1 heterocycles. The van der Waals surface area contributed by atoms with Crippen LogP contribution in [0.4, 0.5) is 5.69 Å². The molecule has 1 unspecified atom stereocenters. The van der Waals surface area contributed by atoms with E-state index in [-0.39, 0.29) is 11.7 Å². The standard InChI is InChI=1S/C17H25NO4/c1-5-17(6-2)10-18(15(11(3)4)16(20)21)13-9-12(19)7-8-14(13)22-17/h7-9,11,15,19H,5-6,10H2,1-4H3,(H,20,21). The highest BCUT2D eigenvalue weighted by Gasteiger charge is 2.42. The van der Waals surface area contributed by atoms with E-state index in [9.17, 15) is 15.0 Å². The molecule has 22 heavy (non-hydrogen) atoms. The van der Waals surface area contributed by atoms with E-state index in [1.165, 1.54) is 0 Å². The molecule has 0 saturated carbocycles. The van der Waals surface area contributed by atoms with Crippen molar-refractivity contribution in [1.29, 1.82) is 0 Å². The quantitative estimate of drug-likeness (QED) is 0.873. The number of phenols is 1. The smallest absolute Gasteiger partial charge is 0.326 e. The normalized spacial score (nSPS) is 17.8. The third kappa shape index (κ3) is 2.85. The van der Waals surface area contributed by atoms with Crippen molar-refractivity contribution < 1.29 is 19.7 Å². The molecule has 5 heteroatoms. The van der Waals surface area contributed by atoms with E-state index < -0.39 is 17.6 Å². The summed E-state index contributed by atoms with van der Waals surface area (Å²) in [7, 11) is 0. The highest BCUT2D eigenvalue weighted by molar-refractivity contribution is 5.80. The van der Waals surface area contributed by atoms with Crippen molar-refractivity contribution >= 4 is 11.7 Å². The Balaban J connectivity index is 2.55. The van der Waals surface area contributed by atoms with Gasteiger partial charge >= 0.3 is 5.97 Å². The number of carboxylic acids is 1. The number of carbonyl (C=O) groups is 1. The van der Waals surface area contributed by atoms with E-state index in [4.69, 9.17) is 4.74 Å². The van der Waals surface area contributed by atoms with Crippen molar-refractivity contribution in [2.75, 3.05) is 11.4 Å². The maximum absolute atomic E-state index is 11.8. The van der Waals surface area contributed by atoms with Gasteiger partial charge in [-0.05, 0) is 30.9 Å². The highest BCUT2D eigenvalue weighted by Crippen LogP contribution is 2.43. The first kappa shape index (κ1) is 16.5. The van der Waals surface area contributed by atoms with Crippen LogP contribution in [0, 0.1) is 5.92 Å². The first-order chi connectivity index (χ1) is 10.3. The van der Waals surface area contributed by atoms with Crippen LogP contribution in [-0.4, -0.2) is 34.4 Å². The second-order valence-corrected chi connectivity index (χ2v) is 6.30. The van der Waals surface area contributed by atoms with Crippen molar-refractivity contribution in [2.24, 2.45) is 5.92 Å². The molecule has 2 rings (SSSR count). The molecule has 0 fully saturated rings. The lowest BCUT2D eigenvalue weighted by molar-refractivity contribution is -0.140. The van der Waals surface area contributed by atoms with Gasteiger partial charge in [0.1, 0.15) is 23.1 Å². The second-order valence-electron chi connectivity index (χ2n) is 6.30. The zero-order valence-corrected chi connectivity index (χ0v) is 13.7. The van der Waals surface area contributed by atoms with Gasteiger partial charge in [-0.15, -0.1) is 0 Å². The van der Waals surface area contributed by atoms with Gasteiger partial charge < -0.3 is 19.8 Å². The highest BCUT2D eigenvalue weighted by atomic mass is 16.5. The Bertz CT molecular complexity index is 552. The van der Waals surface area contributed by atoms with Crippen LogP contribution in [0.25, 0.3) is 0 Å². The first-order valence-electron chi connectivity index (χ1n) is 7.85. The fourth-order valence-corrected chi connectivity index (χ4v) is 3.12. The molecule has 0 aromatic heterocycles. The number of phenolic OH excluding ortho intramolecular Hbond substituents is 1. The first-order valence-corrected chi connectivity index (χ1v) is 7.85. The molecule has 0 saturated heterocycles. The summed E-state index contributed by atoms with van der Waals surface area (Å²) < 4.78 is 6.17. The van der Waals surface area contributed by atoms with Gasteiger partial charge in [0.05, 0.1) is 12.2 Å². The van der Waals surface area contributed by atoms with Gasteiger partial charge in [-0.25, -0.2) is 4.79 Å². The van der Waals surface area contributed by atoms with Crippen LogP contribution in [0.3, 0.4) is 0 Å². The molecule has 1 aromatic carbocycles. The molecule has 2 N–H and O–H groups in total. The van der Waals surface area contributed by atoms with E-state index >= 15 is 0 Å². The van der Waals surface area contributed by atoms with Crippen LogP contribution >= 0.6 is 0 Å². The summed E-state index contributed by atoms with van der Waals surface area (Å²) >= 11 is 0. The molecular formula is C17H25NO4. The Kier molecular flexibility index (Phi) is 4.54. The summed E-state index contributed by atoms with van der Waals surface area (Å²) in [6.45, 7) is 8.41. The third-order valence-corrected chi connectivity index (χ3v) is 4.55. The van der Waals surface area contributed by atoms with Gasteiger partial charge in [-0.3, -0.25) is 0 Å². The molecule has 0 spiro atoms. The average Bonchev–Trinajstić information content (AvgIpc) is 2.46. The van der Waals surface area contributed by atoms with E-state index in [1.54, 1.807) is 18.2 Å². The zero-order valence-electron chi connectivity index (χ0n) is 13.7. The number of benzene rings is 1. The molecule has 1 aliphatic rings. The molecule has 1 aliphatic heterocycles. The summed E-state index contributed by atoms with van der Waals surface area (Å²) in [6, 6.07) is 4.23. The van der Waals surface area contributed by atoms with E-state index in [0.717, 1.165) is 12.8 Å². The molecule has 1 atom stereocenters. The Morgan fingerprint density at radius 1 is 1.36 bits per heavy atom. The lowest BCUT2D eigenvalue weighted by Crippen LogP contribution is -2.57. The van der Waals surface area contributed by atoms with E-state index in [2.05, 4.69) is 13.8 Å². The summed E-state index contributed by atoms with van der Waals surface area (Å²) in [4.78, 5) is 13.7. The summed E-state index contributed by atoms with van der Waals surface area (Å²) in [5.41, 5.74) is 0.255. The maximum atomic E-state index is 11.8. The Morgan fingerprint density at radius 3 is 2.50 bits per heavy atom. The summed E-state index contributed by atoms with van der Waals surface area (Å²) in [5.74, 6) is -0.162. The molecule has 5 nitrogen and oxygen atoms in total. The number of fused-ring (bicyclic) bond motifs is 1. The Hall–Kier alpha value is -1.91. The van der Waals surface area contributed by atoms with Crippen LogP contribution in [0.15, 0.2) is 18.2 Å². The lowest BCUT2D eigenvalue weighted by atomic mass is 9.91. The van der Waals surface area contributed by atoms with Crippen molar-refractivity contribution in [3.63, 3.8) is 0 Å². The molecule has 0 amide bonds. The van der Waals surface area contributed by atoms with Crippen LogP contribution in [0.2, 0.25) is 0 Å². The minimum Gasteiger partial charge on any atom is -0.508 e. The topological polar surface area (TPSA) is 70.0 Å². The van der Waals surface area contributed by atoms with Crippen LogP contribution < -0.4 is 9.64 Å². The average molecular weight is 307 g/mol. The zero-order chi connectivity index (χ0) is 16.5. The number of nitrogens with zero attached hydrogens (tertiary/aromatic N) is 1. The van der Waals surface area contributed by atoms with Gasteiger partial charge in [0.2, 0.25) is 0 Å². The fourth-order valence-electron chi connectivity index (χ4n) is 3.12. The van der Waals surface area contributed by atoms with Crippen LogP contribution in [0.5, 0.6) is 11.5 Å². The maximum Gasteiger partial charge on any atom is 0.326 e. The van der Waals surface area contributed by atoms with Gasteiger partial charge in [0.25, 0.3) is 0 Å². The predicted molar refractivity (Wildman–Crippen MR) is 85.7 cm³/mol. The van der Waals surface area contributed by atoms with Crippen molar-refractivity contribution in [3.05, 3.63) is 18.2 Å². The number of aliphatic carboxylic acids is 1. The minimum absolute atomic E-state index is 0.0581. The van der Waals surface area contributed by atoms with Gasteiger partial charge in [0, 0.05) is 6.07 Å². The Labute approximate surface area is 131 Å². The predicted octanol–water partition coefficient (Wildman–Crippen LogP) is 3.26. The van der Waals surface area contributed by atoms with Crippen LogP contribution in [-0.2, 0) is 4.79 Å². The molecule has 122 valence electrons. The number of rotatable bonds is 5. The molecule has 1 aromatic rings. The second kappa shape index (κ2) is 6.07.